The summed E-state index contributed by atoms with van der Waals surface area (Å²) in [6, 6.07) is 17.4. The van der Waals surface area contributed by atoms with Gasteiger partial charge in [-0.15, -0.1) is 0 Å². The maximum atomic E-state index is 12.5. The Morgan fingerprint density at radius 2 is 1.65 bits per heavy atom. The van der Waals surface area contributed by atoms with Crippen molar-refractivity contribution >= 4 is 32.7 Å². The van der Waals surface area contributed by atoms with Gasteiger partial charge < -0.3 is 4.42 Å². The van der Waals surface area contributed by atoms with Crippen LogP contribution in [-0.4, -0.2) is 0 Å². The summed E-state index contributed by atoms with van der Waals surface area (Å²) in [4.78, 5) is 12.5. The van der Waals surface area contributed by atoms with Gasteiger partial charge in [-0.1, -0.05) is 42.0 Å². The van der Waals surface area contributed by atoms with Crippen LogP contribution in [0.5, 0.6) is 0 Å². The van der Waals surface area contributed by atoms with Crippen LogP contribution in [0.4, 0.5) is 0 Å². The molecular formula is C18H12O2. The van der Waals surface area contributed by atoms with Gasteiger partial charge in [-0.2, -0.15) is 0 Å². The highest BCUT2D eigenvalue weighted by Gasteiger charge is 2.09. The summed E-state index contributed by atoms with van der Waals surface area (Å²) < 4.78 is 5.98. The first kappa shape index (κ1) is 11.2. The smallest absolute Gasteiger partial charge is 0.200 e. The van der Waals surface area contributed by atoms with Gasteiger partial charge in [0.1, 0.15) is 11.2 Å². The number of para-hydroxylation sites is 1. The minimum Gasteiger partial charge on any atom is -0.455 e. The lowest BCUT2D eigenvalue weighted by molar-refractivity contribution is 0.664. The molecule has 1 aromatic heterocycles. The van der Waals surface area contributed by atoms with Crippen molar-refractivity contribution in [3.05, 3.63) is 70.4 Å². The molecule has 0 bridgehead atoms. The summed E-state index contributed by atoms with van der Waals surface area (Å²) in [6.07, 6.45) is 0. The average molecular weight is 260 g/mol. The molecule has 20 heavy (non-hydrogen) atoms. The standard InChI is InChI=1S/C18H12O2/c1-11-6-8-13-12(10-11)7-9-15-17(19)14-4-2-3-5-16(14)20-18(13)15/h2-10H,1H3. The number of aryl methyl sites for hydroxylation is 1. The van der Waals surface area contributed by atoms with Crippen LogP contribution in [0.2, 0.25) is 0 Å². The van der Waals surface area contributed by atoms with Crippen molar-refractivity contribution in [3.8, 4) is 0 Å². The molecule has 4 aromatic rings. The quantitative estimate of drug-likeness (QED) is 0.346. The third-order valence-corrected chi connectivity index (χ3v) is 3.71. The van der Waals surface area contributed by atoms with Gasteiger partial charge in [0.05, 0.1) is 10.8 Å². The molecule has 0 radical (unpaired) electrons. The van der Waals surface area contributed by atoms with Crippen LogP contribution in [0, 0.1) is 6.92 Å². The van der Waals surface area contributed by atoms with Crippen LogP contribution >= 0.6 is 0 Å². The third kappa shape index (κ3) is 1.48. The fraction of sp³-hybridized carbons (Fsp3) is 0.0556. The summed E-state index contributed by atoms with van der Waals surface area (Å²) in [5, 5.41) is 3.35. The van der Waals surface area contributed by atoms with E-state index in [2.05, 4.69) is 13.0 Å². The number of hydrogen-bond donors (Lipinski definition) is 0. The third-order valence-electron chi connectivity index (χ3n) is 3.71. The lowest BCUT2D eigenvalue weighted by Crippen LogP contribution is -2.01. The van der Waals surface area contributed by atoms with E-state index in [4.69, 9.17) is 4.42 Å². The van der Waals surface area contributed by atoms with Crippen molar-refractivity contribution in [1.29, 1.82) is 0 Å². The highest BCUT2D eigenvalue weighted by molar-refractivity contribution is 6.06. The summed E-state index contributed by atoms with van der Waals surface area (Å²) in [5.41, 5.74) is 2.54. The van der Waals surface area contributed by atoms with Crippen LogP contribution < -0.4 is 5.43 Å². The highest BCUT2D eigenvalue weighted by Crippen LogP contribution is 2.27. The van der Waals surface area contributed by atoms with Crippen molar-refractivity contribution in [2.24, 2.45) is 0 Å². The van der Waals surface area contributed by atoms with E-state index in [1.807, 2.05) is 42.5 Å². The van der Waals surface area contributed by atoms with Gasteiger partial charge in [-0.3, -0.25) is 4.79 Å². The van der Waals surface area contributed by atoms with Gasteiger partial charge in [0, 0.05) is 5.39 Å². The van der Waals surface area contributed by atoms with E-state index < -0.39 is 0 Å². The summed E-state index contributed by atoms with van der Waals surface area (Å²) in [6.45, 7) is 2.06. The van der Waals surface area contributed by atoms with Crippen LogP contribution in [0.1, 0.15) is 5.56 Å². The van der Waals surface area contributed by atoms with Gasteiger partial charge in [-0.05, 0) is 30.5 Å². The Bertz CT molecular complexity index is 1030. The maximum absolute atomic E-state index is 12.5. The average Bonchev–Trinajstić information content (AvgIpc) is 2.47. The first-order chi connectivity index (χ1) is 9.74. The SMILES string of the molecule is Cc1ccc2c(ccc3c(=O)c4ccccc4oc32)c1. The fourth-order valence-corrected chi connectivity index (χ4v) is 2.71. The van der Waals surface area contributed by atoms with E-state index in [0.717, 1.165) is 10.8 Å². The lowest BCUT2D eigenvalue weighted by Gasteiger charge is -2.05. The Labute approximate surface area is 115 Å². The first-order valence-electron chi connectivity index (χ1n) is 6.59. The van der Waals surface area contributed by atoms with E-state index in [9.17, 15) is 4.79 Å². The van der Waals surface area contributed by atoms with Crippen molar-refractivity contribution in [2.45, 2.75) is 6.92 Å². The van der Waals surface area contributed by atoms with Crippen LogP contribution in [0.15, 0.2) is 63.8 Å². The van der Waals surface area contributed by atoms with Crippen molar-refractivity contribution in [2.75, 3.05) is 0 Å². The van der Waals surface area contributed by atoms with Gasteiger partial charge in [0.2, 0.25) is 5.43 Å². The Morgan fingerprint density at radius 1 is 0.850 bits per heavy atom. The Balaban J connectivity index is 2.31. The molecule has 96 valence electrons. The zero-order valence-electron chi connectivity index (χ0n) is 11.0. The highest BCUT2D eigenvalue weighted by atomic mass is 16.3. The number of rotatable bonds is 0. The molecule has 0 amide bonds. The Hall–Kier alpha value is -2.61. The molecule has 4 rings (SSSR count). The molecule has 0 aliphatic rings. The van der Waals surface area contributed by atoms with E-state index in [-0.39, 0.29) is 5.43 Å². The predicted octanol–water partition coefficient (Wildman–Crippen LogP) is 4.41. The zero-order valence-corrected chi connectivity index (χ0v) is 11.0. The molecule has 0 aliphatic heterocycles. The summed E-state index contributed by atoms with van der Waals surface area (Å²) in [7, 11) is 0. The molecular weight excluding hydrogens is 248 g/mol. The van der Waals surface area contributed by atoms with Gasteiger partial charge >= 0.3 is 0 Å². The number of benzene rings is 3. The molecule has 0 atom stereocenters. The monoisotopic (exact) mass is 260 g/mol. The molecule has 0 saturated heterocycles. The Kier molecular flexibility index (Phi) is 2.21. The normalized spacial score (nSPS) is 11.4. The Morgan fingerprint density at radius 3 is 2.55 bits per heavy atom. The van der Waals surface area contributed by atoms with E-state index in [1.54, 1.807) is 6.07 Å². The zero-order chi connectivity index (χ0) is 13.7. The minimum absolute atomic E-state index is 0.0318. The minimum atomic E-state index is 0.0318. The van der Waals surface area contributed by atoms with Crippen LogP contribution in [-0.2, 0) is 0 Å². The molecule has 0 N–H and O–H groups in total. The van der Waals surface area contributed by atoms with E-state index >= 15 is 0 Å². The van der Waals surface area contributed by atoms with E-state index in [0.29, 0.717) is 21.9 Å². The fourth-order valence-electron chi connectivity index (χ4n) is 2.71. The van der Waals surface area contributed by atoms with E-state index in [1.165, 1.54) is 5.56 Å². The molecule has 1 heterocycles. The summed E-state index contributed by atoms with van der Waals surface area (Å²) in [5.74, 6) is 0. The molecule has 0 unspecified atom stereocenters. The molecule has 0 spiro atoms. The van der Waals surface area contributed by atoms with Gasteiger partial charge in [-0.25, -0.2) is 0 Å². The second-order valence-corrected chi connectivity index (χ2v) is 5.09. The number of fused-ring (bicyclic) bond motifs is 4. The summed E-state index contributed by atoms with van der Waals surface area (Å²) >= 11 is 0. The van der Waals surface area contributed by atoms with Gasteiger partial charge in [0.25, 0.3) is 0 Å². The number of hydrogen-bond acceptors (Lipinski definition) is 2. The molecule has 3 aromatic carbocycles. The van der Waals surface area contributed by atoms with Crippen LogP contribution in [0.3, 0.4) is 0 Å². The largest absolute Gasteiger partial charge is 0.455 e. The van der Waals surface area contributed by atoms with Crippen LogP contribution in [0.25, 0.3) is 32.7 Å². The maximum Gasteiger partial charge on any atom is 0.200 e. The first-order valence-corrected chi connectivity index (χ1v) is 6.59. The van der Waals surface area contributed by atoms with Gasteiger partial charge in [0.15, 0.2) is 0 Å². The van der Waals surface area contributed by atoms with Crippen molar-refractivity contribution in [3.63, 3.8) is 0 Å². The molecule has 2 nitrogen and oxygen atoms in total. The molecule has 0 aliphatic carbocycles. The second-order valence-electron chi connectivity index (χ2n) is 5.09. The van der Waals surface area contributed by atoms with Crippen molar-refractivity contribution < 1.29 is 4.42 Å². The second kappa shape index (κ2) is 3.94. The molecule has 2 heteroatoms. The topological polar surface area (TPSA) is 30.2 Å². The molecule has 0 fully saturated rings. The predicted molar refractivity (Wildman–Crippen MR) is 82.2 cm³/mol. The lowest BCUT2D eigenvalue weighted by atomic mass is 10.0. The van der Waals surface area contributed by atoms with Crippen molar-refractivity contribution in [1.82, 2.24) is 0 Å². The molecule has 0 saturated carbocycles.